The first-order chi connectivity index (χ1) is 49.5. The number of phosphoric acid groups is 2. The van der Waals surface area contributed by atoms with Crippen molar-refractivity contribution in [2.75, 3.05) is 49.7 Å². The average molecular weight is 1600 g/mol. The topological polar surface area (TPSA) is 550 Å². The van der Waals surface area contributed by atoms with Crippen LogP contribution in [0.15, 0.2) is 128 Å². The largest absolute Gasteiger partial charge is 0.481 e. The lowest BCUT2D eigenvalue weighted by atomic mass is 9.75. The van der Waals surface area contributed by atoms with E-state index in [0.717, 1.165) is 12.1 Å². The smallest absolute Gasteiger partial charge is 0.388 e. The van der Waals surface area contributed by atoms with Crippen LogP contribution in [-0.2, 0) is 101 Å². The fourth-order valence-corrected chi connectivity index (χ4v) is 17.9. The Morgan fingerprint density at radius 2 is 1.42 bits per heavy atom. The molecular formula is C63H79N11O26P2S4. The molecule has 106 heavy (non-hydrogen) atoms. The number of fused-ring (bicyclic) bond motifs is 5. The Morgan fingerprint density at radius 1 is 0.774 bits per heavy atom. The predicted molar refractivity (Wildman–Crippen MR) is 379 cm³/mol. The molecule has 6 heterocycles. The van der Waals surface area contributed by atoms with E-state index in [9.17, 15) is 96.0 Å². The molecule has 12 N–H and O–H groups in total. The van der Waals surface area contributed by atoms with Crippen LogP contribution in [0, 0.1) is 6.92 Å². The van der Waals surface area contributed by atoms with E-state index in [-0.39, 0.29) is 70.6 Å². The van der Waals surface area contributed by atoms with Crippen molar-refractivity contribution in [1.29, 1.82) is 0 Å². The van der Waals surface area contributed by atoms with Gasteiger partial charge in [-0.15, -0.1) is 5.10 Å². The average Bonchev–Trinajstić information content (AvgIpc) is 1.50. The van der Waals surface area contributed by atoms with Gasteiger partial charge in [0.1, 0.15) is 58.4 Å². The van der Waals surface area contributed by atoms with Crippen LogP contribution < -0.4 is 15.5 Å². The molecule has 0 aliphatic carbocycles. The number of unbranched alkanes of at least 4 members (excludes halogenated alkanes) is 2. The molecule has 7 aromatic rings. The molecule has 9 atom stereocenters. The molecule has 37 nitrogen and oxygen atoms in total. The Kier molecular flexibility index (Phi) is 24.3. The van der Waals surface area contributed by atoms with Crippen LogP contribution in [0.25, 0.3) is 32.7 Å². The van der Waals surface area contributed by atoms with Crippen LogP contribution >= 0.6 is 15.6 Å². The van der Waals surface area contributed by atoms with Gasteiger partial charge in [0.15, 0.2) is 23.2 Å². The Bertz CT molecular complexity index is 5250. The van der Waals surface area contributed by atoms with Gasteiger partial charge in [-0.25, -0.2) is 24.1 Å². The first-order valence-corrected chi connectivity index (χ1v) is 41.5. The van der Waals surface area contributed by atoms with Crippen LogP contribution in [-0.4, -0.2) is 204 Å². The van der Waals surface area contributed by atoms with E-state index >= 15 is 0 Å². The van der Waals surface area contributed by atoms with Gasteiger partial charge in [-0.3, -0.25) is 46.3 Å². The van der Waals surface area contributed by atoms with Gasteiger partial charge in [-0.1, -0.05) is 75.8 Å². The third-order valence-electron chi connectivity index (χ3n) is 18.1. The van der Waals surface area contributed by atoms with E-state index < -0.39 is 143 Å². The predicted octanol–water partition coefficient (Wildman–Crippen LogP) is 4.92. The number of aryl methyl sites for hydroxylation is 2. The molecule has 3 aliphatic rings. The van der Waals surface area contributed by atoms with Gasteiger partial charge in [0, 0.05) is 71.3 Å². The lowest BCUT2D eigenvalue weighted by Crippen LogP contribution is -2.33. The zero-order chi connectivity index (χ0) is 77.4. The van der Waals surface area contributed by atoms with Gasteiger partial charge < -0.3 is 55.2 Å². The molecule has 0 spiro atoms. The molecule has 10 rings (SSSR count). The summed E-state index contributed by atoms with van der Waals surface area (Å²) in [6, 6.07) is 9.79. The Labute approximate surface area is 607 Å². The number of allylic oxidation sites excluding steroid dienone is 6. The van der Waals surface area contributed by atoms with Crippen molar-refractivity contribution >= 4 is 112 Å². The Morgan fingerprint density at radius 3 is 2.05 bits per heavy atom. The molecule has 0 bridgehead atoms. The number of nitrogens with zero attached hydrogens (tertiary/aromatic N) is 9. The van der Waals surface area contributed by atoms with Crippen molar-refractivity contribution < 1.29 is 119 Å². The highest BCUT2D eigenvalue weighted by Gasteiger charge is 2.48. The summed E-state index contributed by atoms with van der Waals surface area (Å²) in [4.78, 5) is 50.0. The second kappa shape index (κ2) is 31.7. The van der Waals surface area contributed by atoms with E-state index in [4.69, 9.17) is 19.0 Å². The first-order valence-electron chi connectivity index (χ1n) is 32.7. The first kappa shape index (κ1) is 81.2. The normalized spacial score (nSPS) is 22.0. The number of anilines is 2. The highest BCUT2D eigenvalue weighted by Crippen LogP contribution is 2.61. The van der Waals surface area contributed by atoms with Gasteiger partial charge in [0.05, 0.1) is 48.7 Å². The highest BCUT2D eigenvalue weighted by atomic mass is 32.2. The van der Waals surface area contributed by atoms with E-state index in [1.54, 1.807) is 68.1 Å². The number of aliphatic hydroxyl groups is 4. The molecule has 1 amide bonds. The summed E-state index contributed by atoms with van der Waals surface area (Å²) in [6.45, 7) is 10.3. The standard InChI is InChI=1S/C63H79N11O26P2S4/c1-7-73-44-21-20-41-43(26-39(104(87,88)89)28-49(41)106(93,94)95)54(44)63(5,6)51(73)16-11-8-10-15-50(62(3,4)53-36(2)18-19-40-42(53)25-38(103(84,85)86)27-48(40)105(90,91)92)64-22-13-9-12-17-52(76)65-23-14-24-72-30-37(70-71-72)29-66-59-55-60(68-34-67-59)74(35-69-55)61-58(79)57(78)47(99-61)33-98-102(82,83)100-101(80,81)97-32-46-56(77)45(75)31-96-46/h8,10-11,15-16,18-21,25-28,30,34-35,45-47,56-58,61,75,77-79H,7,9,12-14,17,22-24,29,31-33H2,1-6H3,(H,65,76)(H,80,81)(H,82,83)(H,66,67,68)(H,84,85,86)(H,87,88,89)(H,90,91,92)(H,93,94,95)/b11-8+,15-10+,51-16+,64-50+/t45-,46+,47+,56-,57+,58+,61+/m0/s1. The zero-order valence-electron chi connectivity index (χ0n) is 57.5. The summed E-state index contributed by atoms with van der Waals surface area (Å²) in [5, 5.41) is 55.9. The number of hydrogen-bond acceptors (Lipinski definition) is 28. The third-order valence-corrected chi connectivity index (χ3v) is 24.2. The second-order valence-electron chi connectivity index (χ2n) is 26.2. The van der Waals surface area contributed by atoms with E-state index in [1.807, 2.05) is 31.7 Å². The maximum Gasteiger partial charge on any atom is 0.481 e. The monoisotopic (exact) mass is 1600 g/mol. The maximum atomic E-state index is 13.0. The zero-order valence-corrected chi connectivity index (χ0v) is 62.6. The van der Waals surface area contributed by atoms with Gasteiger partial charge in [-0.2, -0.15) is 38.0 Å². The van der Waals surface area contributed by atoms with Gasteiger partial charge in [0.2, 0.25) is 5.91 Å². The van der Waals surface area contributed by atoms with Crippen LogP contribution in [0.1, 0.15) is 95.3 Å². The minimum atomic E-state index is -5.40. The number of phosphoric ester groups is 2. The lowest BCUT2D eigenvalue weighted by Gasteiger charge is -2.30. The number of imidazole rings is 1. The van der Waals surface area contributed by atoms with E-state index in [0.29, 0.717) is 96.9 Å². The molecule has 0 radical (unpaired) electrons. The van der Waals surface area contributed by atoms with Crippen molar-refractivity contribution in [1.82, 2.24) is 39.8 Å². The molecule has 43 heteroatoms. The summed E-state index contributed by atoms with van der Waals surface area (Å²) in [5.74, 6) is 0.0291. The molecule has 3 aromatic heterocycles. The summed E-state index contributed by atoms with van der Waals surface area (Å²) >= 11 is 0. The summed E-state index contributed by atoms with van der Waals surface area (Å²) in [5.41, 5.74) is 1.99. The number of aliphatic imine (C=N–C) groups is 1. The number of amides is 1. The number of benzene rings is 4. The molecule has 4 aromatic carbocycles. The lowest BCUT2D eigenvalue weighted by molar-refractivity contribution is -0.121. The number of carbonyl (C=O) groups is 1. The van der Waals surface area contributed by atoms with Crippen LogP contribution in [0.2, 0.25) is 0 Å². The Balaban J connectivity index is 0.742. The minimum Gasteiger partial charge on any atom is -0.388 e. The molecule has 576 valence electrons. The van der Waals surface area contributed by atoms with Crippen LogP contribution in [0.3, 0.4) is 0 Å². The summed E-state index contributed by atoms with van der Waals surface area (Å²) in [7, 11) is -30.7. The van der Waals surface area contributed by atoms with Crippen molar-refractivity contribution in [2.45, 2.75) is 160 Å². The van der Waals surface area contributed by atoms with Crippen molar-refractivity contribution in [3.05, 3.63) is 126 Å². The van der Waals surface area contributed by atoms with Gasteiger partial charge in [-0.05, 0) is 103 Å². The molecule has 3 aliphatic heterocycles. The van der Waals surface area contributed by atoms with Gasteiger partial charge >= 0.3 is 15.6 Å². The number of likely N-dealkylation sites (N-methyl/N-ethyl adjacent to an activating group) is 1. The quantitative estimate of drug-likeness (QED) is 0.00875. The number of hydrogen-bond donors (Lipinski definition) is 12. The summed E-state index contributed by atoms with van der Waals surface area (Å²) in [6.07, 6.45) is 4.68. The van der Waals surface area contributed by atoms with E-state index in [2.05, 4.69) is 44.7 Å². The molecule has 0 saturated carbocycles. The number of aliphatic hydroxyl groups excluding tert-OH is 4. The summed E-state index contributed by atoms with van der Waals surface area (Å²) < 4.78 is 194. The third kappa shape index (κ3) is 18.2. The SMILES string of the molecule is CCN1/C(=C/C=C/C=C/C(=N\CCCCCC(=O)NCCCn2cc(CNc3ncnc4c3ncn4[C@@H]3O[C@H](COP(=O)(O)OP(=O)(O)OC[C@H]4OC[C@H](O)[C@@H]4O)[C@@H](O)[C@H]3O)nn2)C(C)(C)c2c(C)ccc3c(S(=O)(=O)O)cc(S(=O)(=O)O)cc23)C(C)(C)c2c1ccc1c(S(=O)(=O)O)cc(S(=O)(=O)O)cc21. The number of rotatable bonds is 32. The molecule has 2 fully saturated rings. The van der Waals surface area contributed by atoms with Crippen LogP contribution in [0.4, 0.5) is 11.5 Å². The fourth-order valence-electron chi connectivity index (χ4n) is 13.1. The Hall–Kier alpha value is -7.29. The van der Waals surface area contributed by atoms with Crippen molar-refractivity contribution in [2.24, 2.45) is 4.99 Å². The number of ether oxygens (including phenoxy) is 2. The number of nitrogens with one attached hydrogen (secondary N) is 2. The number of aromatic nitrogens is 7. The second-order valence-corrected chi connectivity index (χ2v) is 34.8. The van der Waals surface area contributed by atoms with Crippen molar-refractivity contribution in [3.63, 3.8) is 0 Å². The van der Waals surface area contributed by atoms with E-state index in [1.165, 1.54) is 29.4 Å². The molecule has 2 saturated heterocycles. The molecular weight excluding hydrogens is 1520 g/mol. The van der Waals surface area contributed by atoms with Gasteiger partial charge in [0.25, 0.3) is 40.5 Å². The number of carbonyl (C=O) groups excluding carboxylic acids is 1. The van der Waals surface area contributed by atoms with Crippen molar-refractivity contribution in [3.8, 4) is 0 Å². The molecule has 2 unspecified atom stereocenters. The maximum absolute atomic E-state index is 13.0. The fraction of sp³-hybridized carbons (Fsp3) is 0.444. The highest BCUT2D eigenvalue weighted by molar-refractivity contribution is 7.87. The minimum absolute atomic E-state index is 0.0278. The van der Waals surface area contributed by atoms with Crippen LogP contribution in [0.5, 0.6) is 0 Å².